The third kappa shape index (κ3) is 1.75. The molecule has 2 N–H and O–H groups in total. The maximum absolute atomic E-state index is 12.9. The molecule has 0 amide bonds. The van der Waals surface area contributed by atoms with Gasteiger partial charge in [-0.05, 0) is 18.6 Å². The number of carbonyl (C=O) groups excluding carboxylic acids is 1. The lowest BCUT2D eigenvalue weighted by molar-refractivity contribution is -0.933. The Morgan fingerprint density at radius 3 is 2.92 bits per heavy atom. The lowest BCUT2D eigenvalue weighted by atomic mass is 9.59. The standard InChI is InChI=1S/C21H26N2O3/c1-12(24)14-11-23(2)9-8-21-15-6-4-5-7-16(15)22-19(21)18(20(25)26-3)13(14)10-17(21)23/h4-7,12-14,17,24H,8-11H2,1-3H3/p+1/t12-,13-,14-,17-,21+,23?/m0/s1. The van der Waals surface area contributed by atoms with Gasteiger partial charge in [0.15, 0.2) is 0 Å². The van der Waals surface area contributed by atoms with Crippen molar-refractivity contribution in [1.82, 2.24) is 0 Å². The minimum Gasteiger partial charge on any atom is -0.466 e. The van der Waals surface area contributed by atoms with Crippen molar-refractivity contribution in [2.45, 2.75) is 37.3 Å². The summed E-state index contributed by atoms with van der Waals surface area (Å²) in [5.74, 6) is -0.0991. The van der Waals surface area contributed by atoms with Crippen LogP contribution in [0.15, 0.2) is 35.5 Å². The SMILES string of the molecule is COC(=O)C1=C2Nc3ccccc3[C@@]23CC[N+]2(C)C[C@@H]([C@H](C)O)[C@@H]1C[C@@H]32. The molecule has 1 aromatic carbocycles. The summed E-state index contributed by atoms with van der Waals surface area (Å²) in [4.78, 5) is 12.9. The quantitative estimate of drug-likeness (QED) is 0.630. The van der Waals surface area contributed by atoms with Crippen LogP contribution in [-0.4, -0.2) is 55.0 Å². The van der Waals surface area contributed by atoms with Crippen LogP contribution in [0.25, 0.3) is 0 Å². The molecule has 1 aliphatic carbocycles. The van der Waals surface area contributed by atoms with E-state index >= 15 is 0 Å². The van der Waals surface area contributed by atoms with Crippen LogP contribution in [0.5, 0.6) is 0 Å². The van der Waals surface area contributed by atoms with Crippen LogP contribution < -0.4 is 5.32 Å². The van der Waals surface area contributed by atoms with E-state index in [-0.39, 0.29) is 23.2 Å². The summed E-state index contributed by atoms with van der Waals surface area (Å²) in [5.41, 5.74) is 4.17. The molecule has 3 heterocycles. The number of ether oxygens (including phenoxy) is 1. The first-order valence-corrected chi connectivity index (χ1v) is 9.64. The number of para-hydroxylation sites is 1. The zero-order valence-electron chi connectivity index (χ0n) is 15.7. The zero-order chi connectivity index (χ0) is 18.3. The minimum absolute atomic E-state index is 0.0571. The predicted octanol–water partition coefficient (Wildman–Crippen LogP) is 2.03. The Bertz CT molecular complexity index is 832. The van der Waals surface area contributed by atoms with E-state index in [2.05, 4.69) is 30.6 Å². The van der Waals surface area contributed by atoms with Crippen LogP contribution in [0.3, 0.4) is 0 Å². The van der Waals surface area contributed by atoms with E-state index in [1.807, 2.05) is 13.0 Å². The van der Waals surface area contributed by atoms with Gasteiger partial charge < -0.3 is 19.6 Å². The zero-order valence-corrected chi connectivity index (χ0v) is 15.7. The van der Waals surface area contributed by atoms with E-state index in [1.165, 1.54) is 12.7 Å². The Balaban J connectivity index is 1.80. The maximum atomic E-state index is 12.9. The smallest absolute Gasteiger partial charge is 0.335 e. The number of quaternary nitrogens is 1. The molecule has 3 aliphatic heterocycles. The normalized spacial score (nSPS) is 40.5. The number of aliphatic hydroxyl groups is 1. The molecule has 0 saturated carbocycles. The summed E-state index contributed by atoms with van der Waals surface area (Å²) in [5, 5.41) is 14.1. The number of nitrogens with zero attached hydrogens (tertiary/aromatic N) is 1. The first-order valence-electron chi connectivity index (χ1n) is 9.64. The fraction of sp³-hybridized carbons (Fsp3) is 0.571. The monoisotopic (exact) mass is 355 g/mol. The van der Waals surface area contributed by atoms with Crippen molar-refractivity contribution < 1.29 is 19.1 Å². The van der Waals surface area contributed by atoms with Crippen molar-refractivity contribution in [2.24, 2.45) is 11.8 Å². The van der Waals surface area contributed by atoms with Crippen molar-refractivity contribution in [2.75, 3.05) is 32.6 Å². The van der Waals surface area contributed by atoms with E-state index in [4.69, 9.17) is 4.74 Å². The third-order valence-corrected chi connectivity index (χ3v) is 7.74. The molecule has 6 atom stereocenters. The number of aliphatic hydroxyl groups excluding tert-OH is 1. The molecular weight excluding hydrogens is 328 g/mol. The molecule has 1 unspecified atom stereocenters. The number of hydrogen-bond donors (Lipinski definition) is 2. The molecule has 0 aromatic heterocycles. The third-order valence-electron chi connectivity index (χ3n) is 7.74. The second-order valence-electron chi connectivity index (χ2n) is 8.82. The number of piperidine rings is 1. The van der Waals surface area contributed by atoms with Gasteiger partial charge in [0.2, 0.25) is 0 Å². The number of esters is 1. The molecule has 0 radical (unpaired) electrons. The number of anilines is 1. The van der Waals surface area contributed by atoms with Crippen molar-refractivity contribution in [3.05, 3.63) is 41.1 Å². The van der Waals surface area contributed by atoms with Gasteiger partial charge in [-0.25, -0.2) is 4.79 Å². The molecule has 138 valence electrons. The van der Waals surface area contributed by atoms with Gasteiger partial charge in [0.05, 0.1) is 44.3 Å². The lowest BCUT2D eigenvalue weighted by Gasteiger charge is -2.54. The average Bonchev–Trinajstić information content (AvgIpc) is 3.14. The maximum Gasteiger partial charge on any atom is 0.335 e. The highest BCUT2D eigenvalue weighted by molar-refractivity contribution is 5.93. The van der Waals surface area contributed by atoms with E-state index in [0.717, 1.165) is 47.4 Å². The topological polar surface area (TPSA) is 58.6 Å². The van der Waals surface area contributed by atoms with Crippen LogP contribution in [0, 0.1) is 11.8 Å². The lowest BCUT2D eigenvalue weighted by Crippen LogP contribution is -2.65. The molecule has 1 spiro atoms. The highest BCUT2D eigenvalue weighted by Crippen LogP contribution is 2.63. The van der Waals surface area contributed by atoms with Crippen LogP contribution in [0.2, 0.25) is 0 Å². The van der Waals surface area contributed by atoms with Crippen LogP contribution >= 0.6 is 0 Å². The molecule has 5 rings (SSSR count). The predicted molar refractivity (Wildman–Crippen MR) is 98.4 cm³/mol. The summed E-state index contributed by atoms with van der Waals surface area (Å²) in [7, 11) is 3.80. The Labute approximate surface area is 154 Å². The number of rotatable bonds is 2. The van der Waals surface area contributed by atoms with Gasteiger partial charge in [0, 0.05) is 36.1 Å². The largest absolute Gasteiger partial charge is 0.466 e. The average molecular weight is 355 g/mol. The molecule has 2 bridgehead atoms. The number of carbonyl (C=O) groups is 1. The second-order valence-corrected chi connectivity index (χ2v) is 8.82. The van der Waals surface area contributed by atoms with Gasteiger partial charge in [-0.2, -0.15) is 0 Å². The van der Waals surface area contributed by atoms with Gasteiger partial charge in [-0.15, -0.1) is 0 Å². The molecular formula is C21H27N2O3+. The number of likely N-dealkylation sites (N-methyl/N-ethyl adjacent to an activating group) is 1. The summed E-state index contributed by atoms with van der Waals surface area (Å²) in [6.07, 6.45) is 1.54. The van der Waals surface area contributed by atoms with Crippen LogP contribution in [0.4, 0.5) is 5.69 Å². The highest BCUT2D eigenvalue weighted by atomic mass is 16.5. The fourth-order valence-electron chi connectivity index (χ4n) is 6.63. The van der Waals surface area contributed by atoms with E-state index in [1.54, 1.807) is 0 Å². The van der Waals surface area contributed by atoms with E-state index in [9.17, 15) is 9.90 Å². The molecule has 5 heteroatoms. The molecule has 26 heavy (non-hydrogen) atoms. The van der Waals surface area contributed by atoms with Gasteiger partial charge >= 0.3 is 5.97 Å². The number of benzene rings is 1. The van der Waals surface area contributed by atoms with Gasteiger partial charge in [-0.3, -0.25) is 0 Å². The van der Waals surface area contributed by atoms with Crippen molar-refractivity contribution in [3.63, 3.8) is 0 Å². The molecule has 2 saturated heterocycles. The Hall–Kier alpha value is -1.85. The van der Waals surface area contributed by atoms with Gasteiger partial charge in [0.1, 0.15) is 6.04 Å². The Morgan fingerprint density at radius 1 is 1.42 bits per heavy atom. The first kappa shape index (κ1) is 16.3. The second kappa shape index (κ2) is 5.11. The minimum atomic E-state index is -0.437. The number of hydrogen-bond acceptors (Lipinski definition) is 4. The van der Waals surface area contributed by atoms with Crippen molar-refractivity contribution in [1.29, 1.82) is 0 Å². The molecule has 1 aromatic rings. The number of nitrogens with one attached hydrogen (secondary N) is 1. The van der Waals surface area contributed by atoms with E-state index in [0.29, 0.717) is 6.04 Å². The first-order chi connectivity index (χ1) is 12.4. The summed E-state index contributed by atoms with van der Waals surface area (Å²) in [6, 6.07) is 8.93. The van der Waals surface area contributed by atoms with Gasteiger partial charge in [0.25, 0.3) is 0 Å². The Kier molecular flexibility index (Phi) is 3.21. The molecule has 4 aliphatic rings. The number of methoxy groups -OCH3 is 1. The Morgan fingerprint density at radius 2 is 2.19 bits per heavy atom. The van der Waals surface area contributed by atoms with Crippen LogP contribution in [0.1, 0.15) is 25.3 Å². The van der Waals surface area contributed by atoms with Gasteiger partial charge in [-0.1, -0.05) is 18.2 Å². The van der Waals surface area contributed by atoms with Crippen LogP contribution in [-0.2, 0) is 14.9 Å². The molecule has 2 fully saturated rings. The molecule has 5 nitrogen and oxygen atoms in total. The van der Waals surface area contributed by atoms with Crippen molar-refractivity contribution >= 4 is 11.7 Å². The van der Waals surface area contributed by atoms with E-state index < -0.39 is 6.10 Å². The summed E-state index contributed by atoms with van der Waals surface area (Å²) < 4.78 is 6.21. The summed E-state index contributed by atoms with van der Waals surface area (Å²) >= 11 is 0. The fourth-order valence-corrected chi connectivity index (χ4v) is 6.63. The highest BCUT2D eigenvalue weighted by Gasteiger charge is 2.69. The van der Waals surface area contributed by atoms with Crippen molar-refractivity contribution in [3.8, 4) is 0 Å². The summed E-state index contributed by atoms with van der Waals surface area (Å²) in [6.45, 7) is 3.87. The number of fused-ring (bicyclic) bond motifs is 2.